The number of benzene rings is 3. The van der Waals surface area contributed by atoms with Crippen LogP contribution in [-0.2, 0) is 4.79 Å². The lowest BCUT2D eigenvalue weighted by molar-refractivity contribution is -0.122. The Balaban J connectivity index is 1.57. The first-order valence-electron chi connectivity index (χ1n) is 10.7. The van der Waals surface area contributed by atoms with E-state index >= 15 is 0 Å². The monoisotopic (exact) mass is 509 g/mol. The molecule has 3 aromatic carbocycles. The number of aryl methyl sites for hydroxylation is 1. The zero-order valence-corrected chi connectivity index (χ0v) is 20.3. The molecule has 0 heterocycles. The molecule has 7 heteroatoms. The molecule has 0 saturated heterocycles. The molecule has 6 nitrogen and oxygen atoms in total. The second-order valence-electron chi connectivity index (χ2n) is 7.58. The van der Waals surface area contributed by atoms with Gasteiger partial charge in [-0.2, -0.15) is 0 Å². The Labute approximate surface area is 202 Å². The number of nitrogens with one attached hydrogen (secondary N) is 3. The zero-order valence-electron chi connectivity index (χ0n) is 18.7. The maximum atomic E-state index is 13.0. The van der Waals surface area contributed by atoms with Crippen molar-refractivity contribution in [3.8, 4) is 5.75 Å². The average Bonchev–Trinajstić information content (AvgIpc) is 2.84. The minimum Gasteiger partial charge on any atom is -0.497 e. The normalized spacial score (nSPS) is 11.4. The number of carbonyl (C=O) groups excluding carboxylic acids is 2. The standard InChI is InChI=1S/C26H28BrN3O3/c1-18-8-9-20(16-24(18)27)25(31)30-17-23(19-6-4-3-5-7-19)26(32)29-15-14-28-21-10-12-22(33-2)13-11-21/h3-13,16,23,28H,14-15,17H2,1-2H3,(H,29,32)(H,30,31). The summed E-state index contributed by atoms with van der Waals surface area (Å²) in [4.78, 5) is 25.6. The van der Waals surface area contributed by atoms with E-state index in [1.54, 1.807) is 19.2 Å². The summed E-state index contributed by atoms with van der Waals surface area (Å²) in [6, 6.07) is 22.5. The fourth-order valence-electron chi connectivity index (χ4n) is 3.30. The third-order valence-electron chi connectivity index (χ3n) is 5.26. The Morgan fingerprint density at radius 3 is 2.33 bits per heavy atom. The number of halogens is 1. The van der Waals surface area contributed by atoms with Gasteiger partial charge in [-0.25, -0.2) is 0 Å². The van der Waals surface area contributed by atoms with Crippen molar-refractivity contribution in [2.75, 3.05) is 32.1 Å². The molecule has 0 saturated carbocycles. The highest BCUT2D eigenvalue weighted by Crippen LogP contribution is 2.19. The summed E-state index contributed by atoms with van der Waals surface area (Å²) in [6.07, 6.45) is 0. The van der Waals surface area contributed by atoms with Crippen molar-refractivity contribution in [1.29, 1.82) is 0 Å². The summed E-state index contributed by atoms with van der Waals surface area (Å²) in [5.41, 5.74) is 3.39. The van der Waals surface area contributed by atoms with Gasteiger partial charge in [-0.1, -0.05) is 52.3 Å². The minimum absolute atomic E-state index is 0.136. The molecular formula is C26H28BrN3O3. The fraction of sp³-hybridized carbons (Fsp3) is 0.231. The molecule has 0 fully saturated rings. The summed E-state index contributed by atoms with van der Waals surface area (Å²) in [5, 5.41) is 9.14. The number of ether oxygens (including phenoxy) is 1. The molecule has 0 bridgehead atoms. The van der Waals surface area contributed by atoms with Crippen molar-refractivity contribution in [3.63, 3.8) is 0 Å². The predicted octanol–water partition coefficient (Wildman–Crippen LogP) is 4.51. The van der Waals surface area contributed by atoms with Crippen LogP contribution in [0.1, 0.15) is 27.4 Å². The van der Waals surface area contributed by atoms with Gasteiger partial charge in [0, 0.05) is 35.4 Å². The van der Waals surface area contributed by atoms with Crippen LogP contribution in [0.25, 0.3) is 0 Å². The first-order valence-corrected chi connectivity index (χ1v) is 11.5. The van der Waals surface area contributed by atoms with Gasteiger partial charge in [0.25, 0.3) is 5.91 Å². The molecule has 172 valence electrons. The molecule has 0 aliphatic rings. The minimum atomic E-state index is -0.495. The van der Waals surface area contributed by atoms with E-state index in [-0.39, 0.29) is 18.4 Å². The van der Waals surface area contributed by atoms with E-state index in [0.29, 0.717) is 18.7 Å². The van der Waals surface area contributed by atoms with E-state index in [1.165, 1.54) is 0 Å². The van der Waals surface area contributed by atoms with E-state index in [2.05, 4.69) is 31.9 Å². The number of rotatable bonds is 10. The van der Waals surface area contributed by atoms with Gasteiger partial charge in [-0.3, -0.25) is 9.59 Å². The van der Waals surface area contributed by atoms with E-state index in [9.17, 15) is 9.59 Å². The highest BCUT2D eigenvalue weighted by Gasteiger charge is 2.21. The Morgan fingerprint density at radius 1 is 0.939 bits per heavy atom. The third kappa shape index (κ3) is 7.08. The number of anilines is 1. The molecule has 0 aliphatic carbocycles. The maximum Gasteiger partial charge on any atom is 0.251 e. The number of hydrogen-bond acceptors (Lipinski definition) is 4. The largest absolute Gasteiger partial charge is 0.497 e. The highest BCUT2D eigenvalue weighted by atomic mass is 79.9. The van der Waals surface area contributed by atoms with Crippen molar-refractivity contribution in [3.05, 3.63) is 94.0 Å². The van der Waals surface area contributed by atoms with Gasteiger partial charge in [0.1, 0.15) is 5.75 Å². The lowest BCUT2D eigenvalue weighted by Gasteiger charge is -2.18. The Morgan fingerprint density at radius 2 is 1.67 bits per heavy atom. The van der Waals surface area contributed by atoms with Crippen molar-refractivity contribution in [1.82, 2.24) is 10.6 Å². The van der Waals surface area contributed by atoms with Crippen LogP contribution in [0.4, 0.5) is 5.69 Å². The fourth-order valence-corrected chi connectivity index (χ4v) is 3.68. The lowest BCUT2D eigenvalue weighted by Crippen LogP contribution is -2.39. The summed E-state index contributed by atoms with van der Waals surface area (Å²) < 4.78 is 6.03. The summed E-state index contributed by atoms with van der Waals surface area (Å²) in [7, 11) is 1.63. The summed E-state index contributed by atoms with van der Waals surface area (Å²) in [6.45, 7) is 3.19. The quantitative estimate of drug-likeness (QED) is 0.351. The van der Waals surface area contributed by atoms with Crippen LogP contribution in [0.5, 0.6) is 5.75 Å². The van der Waals surface area contributed by atoms with Crippen LogP contribution in [-0.4, -0.2) is 38.6 Å². The van der Waals surface area contributed by atoms with Crippen LogP contribution < -0.4 is 20.7 Å². The third-order valence-corrected chi connectivity index (χ3v) is 6.12. The van der Waals surface area contributed by atoms with E-state index in [4.69, 9.17) is 4.74 Å². The molecule has 1 unspecified atom stereocenters. The molecule has 0 radical (unpaired) electrons. The first kappa shape index (κ1) is 24.3. The van der Waals surface area contributed by atoms with Gasteiger partial charge in [0.05, 0.1) is 13.0 Å². The topological polar surface area (TPSA) is 79.5 Å². The molecule has 0 spiro atoms. The Hall–Kier alpha value is -3.32. The highest BCUT2D eigenvalue weighted by molar-refractivity contribution is 9.10. The summed E-state index contributed by atoms with van der Waals surface area (Å²) >= 11 is 3.46. The van der Waals surface area contributed by atoms with Crippen molar-refractivity contribution >= 4 is 33.4 Å². The summed E-state index contributed by atoms with van der Waals surface area (Å²) in [5.74, 6) is -0.0571. The molecule has 33 heavy (non-hydrogen) atoms. The van der Waals surface area contributed by atoms with Gasteiger partial charge in [0.2, 0.25) is 5.91 Å². The average molecular weight is 510 g/mol. The molecular weight excluding hydrogens is 482 g/mol. The van der Waals surface area contributed by atoms with Crippen LogP contribution in [0, 0.1) is 6.92 Å². The Bertz CT molecular complexity index is 1070. The SMILES string of the molecule is COc1ccc(NCCNC(=O)C(CNC(=O)c2ccc(C)c(Br)c2)c2ccccc2)cc1. The number of methoxy groups -OCH3 is 1. The van der Waals surface area contributed by atoms with Crippen LogP contribution in [0.2, 0.25) is 0 Å². The second-order valence-corrected chi connectivity index (χ2v) is 8.44. The number of amides is 2. The van der Waals surface area contributed by atoms with E-state index in [1.807, 2.05) is 67.6 Å². The first-order chi connectivity index (χ1) is 16.0. The van der Waals surface area contributed by atoms with Gasteiger partial charge in [-0.05, 0) is 54.4 Å². The smallest absolute Gasteiger partial charge is 0.251 e. The molecule has 3 aromatic rings. The van der Waals surface area contributed by atoms with Crippen LogP contribution in [0.3, 0.4) is 0 Å². The van der Waals surface area contributed by atoms with Crippen molar-refractivity contribution in [2.24, 2.45) is 0 Å². The molecule has 3 rings (SSSR count). The van der Waals surface area contributed by atoms with Crippen molar-refractivity contribution < 1.29 is 14.3 Å². The van der Waals surface area contributed by atoms with Gasteiger partial charge < -0.3 is 20.7 Å². The van der Waals surface area contributed by atoms with Gasteiger partial charge in [-0.15, -0.1) is 0 Å². The van der Waals surface area contributed by atoms with Crippen LogP contribution >= 0.6 is 15.9 Å². The van der Waals surface area contributed by atoms with Crippen molar-refractivity contribution in [2.45, 2.75) is 12.8 Å². The van der Waals surface area contributed by atoms with E-state index < -0.39 is 5.92 Å². The molecule has 0 aromatic heterocycles. The molecule has 1 atom stereocenters. The number of carbonyl (C=O) groups is 2. The van der Waals surface area contributed by atoms with E-state index in [0.717, 1.165) is 27.0 Å². The molecule has 2 amide bonds. The lowest BCUT2D eigenvalue weighted by atomic mass is 9.98. The van der Waals surface area contributed by atoms with Gasteiger partial charge >= 0.3 is 0 Å². The van der Waals surface area contributed by atoms with Crippen LogP contribution in [0.15, 0.2) is 77.3 Å². The van der Waals surface area contributed by atoms with Gasteiger partial charge in [0.15, 0.2) is 0 Å². The molecule has 3 N–H and O–H groups in total. The second kappa shape index (κ2) is 12.1. The number of hydrogen-bond donors (Lipinski definition) is 3. The Kier molecular flexibility index (Phi) is 8.89. The zero-order chi connectivity index (χ0) is 23.6. The molecule has 0 aliphatic heterocycles. The predicted molar refractivity (Wildman–Crippen MR) is 135 cm³/mol. The maximum absolute atomic E-state index is 13.0.